The van der Waals surface area contributed by atoms with Gasteiger partial charge in [0.25, 0.3) is 5.91 Å². The summed E-state index contributed by atoms with van der Waals surface area (Å²) in [4.78, 5) is 21.5. The van der Waals surface area contributed by atoms with E-state index in [4.69, 9.17) is 4.98 Å². The zero-order chi connectivity index (χ0) is 18.3. The van der Waals surface area contributed by atoms with E-state index in [0.29, 0.717) is 18.8 Å². The lowest BCUT2D eigenvalue weighted by molar-refractivity contribution is 0.0739. The quantitative estimate of drug-likeness (QED) is 0.630. The molecule has 0 N–H and O–H groups in total. The Bertz CT molecular complexity index is 942. The minimum atomic E-state index is 0.0114. The van der Waals surface area contributed by atoms with E-state index in [1.54, 1.807) is 17.4 Å². The lowest BCUT2D eigenvalue weighted by atomic mass is 10.3. The molecule has 136 valence electrons. The number of thiazole rings is 1. The summed E-state index contributed by atoms with van der Waals surface area (Å²) in [5, 5.41) is 5.42. The van der Waals surface area contributed by atoms with E-state index < -0.39 is 0 Å². The van der Waals surface area contributed by atoms with Crippen LogP contribution in [0.4, 0.5) is 5.13 Å². The van der Waals surface area contributed by atoms with Gasteiger partial charge in [0.2, 0.25) is 0 Å². The van der Waals surface area contributed by atoms with E-state index in [2.05, 4.69) is 45.8 Å². The zero-order valence-electron chi connectivity index (χ0n) is 14.7. The summed E-state index contributed by atoms with van der Waals surface area (Å²) in [7, 11) is 0. The number of halogens is 1. The van der Waals surface area contributed by atoms with Crippen molar-refractivity contribution in [2.45, 2.75) is 19.9 Å². The fourth-order valence-electron chi connectivity index (χ4n) is 3.02. The minimum absolute atomic E-state index is 0.0114. The van der Waals surface area contributed by atoms with E-state index >= 15 is 0 Å². The minimum Gasteiger partial charge on any atom is -0.345 e. The van der Waals surface area contributed by atoms with E-state index in [9.17, 15) is 4.79 Å². The van der Waals surface area contributed by atoms with E-state index in [1.807, 2.05) is 27.9 Å². The van der Waals surface area contributed by atoms with Crippen molar-refractivity contribution in [2.24, 2.45) is 0 Å². The molecule has 0 bridgehead atoms. The highest BCUT2D eigenvalue weighted by Crippen LogP contribution is 2.31. The van der Waals surface area contributed by atoms with Crippen molar-refractivity contribution in [1.29, 1.82) is 0 Å². The van der Waals surface area contributed by atoms with Gasteiger partial charge in [0, 0.05) is 42.9 Å². The Hall–Kier alpha value is -1.93. The van der Waals surface area contributed by atoms with Gasteiger partial charge in [0.1, 0.15) is 5.69 Å². The Labute approximate surface area is 164 Å². The van der Waals surface area contributed by atoms with E-state index in [-0.39, 0.29) is 11.9 Å². The van der Waals surface area contributed by atoms with Gasteiger partial charge in [-0.15, -0.1) is 0 Å². The molecule has 0 saturated carbocycles. The molecule has 0 atom stereocenters. The summed E-state index contributed by atoms with van der Waals surface area (Å²) in [5.74, 6) is 0.0114. The molecule has 0 radical (unpaired) electrons. The number of piperazine rings is 1. The smallest absolute Gasteiger partial charge is 0.274 e. The predicted molar refractivity (Wildman–Crippen MR) is 108 cm³/mol. The monoisotopic (exact) mass is 433 g/mol. The maximum absolute atomic E-state index is 12.7. The summed E-state index contributed by atoms with van der Waals surface area (Å²) in [6.07, 6.45) is 1.87. The molecule has 26 heavy (non-hydrogen) atoms. The second-order valence-electron chi connectivity index (χ2n) is 6.66. The Morgan fingerprint density at radius 3 is 2.65 bits per heavy atom. The first kappa shape index (κ1) is 17.5. The topological polar surface area (TPSA) is 54.3 Å². The fraction of sp³-hybridized carbons (Fsp3) is 0.389. The van der Waals surface area contributed by atoms with Gasteiger partial charge in [0.05, 0.1) is 10.2 Å². The van der Waals surface area contributed by atoms with Crippen molar-refractivity contribution < 1.29 is 4.79 Å². The molecule has 8 heteroatoms. The molecule has 3 aromatic rings. The molecule has 0 aliphatic carbocycles. The van der Waals surface area contributed by atoms with Crippen LogP contribution in [0.5, 0.6) is 0 Å². The molecular formula is C18H20BrN5OS. The Morgan fingerprint density at radius 1 is 1.19 bits per heavy atom. The lowest BCUT2D eigenvalue weighted by Gasteiger charge is -2.34. The molecule has 1 aliphatic rings. The van der Waals surface area contributed by atoms with E-state index in [1.165, 1.54) is 4.70 Å². The van der Waals surface area contributed by atoms with Crippen LogP contribution in [0.15, 0.2) is 34.9 Å². The molecule has 3 heterocycles. The van der Waals surface area contributed by atoms with Gasteiger partial charge < -0.3 is 9.80 Å². The Morgan fingerprint density at radius 2 is 1.96 bits per heavy atom. The van der Waals surface area contributed by atoms with Gasteiger partial charge in [-0.3, -0.25) is 9.48 Å². The zero-order valence-corrected chi connectivity index (χ0v) is 17.1. The number of anilines is 1. The van der Waals surface area contributed by atoms with Crippen LogP contribution in [0.25, 0.3) is 10.2 Å². The van der Waals surface area contributed by atoms with Crippen molar-refractivity contribution in [3.63, 3.8) is 0 Å². The normalized spacial score (nSPS) is 15.2. The number of carbonyl (C=O) groups excluding carboxylic acids is 1. The van der Waals surface area contributed by atoms with Crippen LogP contribution >= 0.6 is 27.3 Å². The number of amides is 1. The van der Waals surface area contributed by atoms with Crippen LogP contribution in [-0.2, 0) is 0 Å². The van der Waals surface area contributed by atoms with Gasteiger partial charge >= 0.3 is 0 Å². The molecule has 1 aromatic carbocycles. The Balaban J connectivity index is 1.43. The summed E-state index contributed by atoms with van der Waals surface area (Å²) in [6.45, 7) is 7.06. The molecule has 1 saturated heterocycles. The molecule has 0 spiro atoms. The molecule has 1 fully saturated rings. The van der Waals surface area contributed by atoms with Crippen molar-refractivity contribution in [3.8, 4) is 0 Å². The van der Waals surface area contributed by atoms with Crippen LogP contribution in [0, 0.1) is 0 Å². The van der Waals surface area contributed by atoms with Crippen molar-refractivity contribution in [2.75, 3.05) is 31.1 Å². The lowest BCUT2D eigenvalue weighted by Crippen LogP contribution is -2.48. The first-order valence-corrected chi connectivity index (χ1v) is 10.3. The number of hydrogen-bond donors (Lipinski definition) is 0. The SMILES string of the molecule is CC(C)n1ccc(C(=O)N2CCN(c3nc4ccc(Br)cc4s3)CC2)n1. The second kappa shape index (κ2) is 7.00. The number of rotatable bonds is 3. The van der Waals surface area contributed by atoms with Gasteiger partial charge in [-0.1, -0.05) is 27.3 Å². The van der Waals surface area contributed by atoms with Crippen LogP contribution < -0.4 is 4.90 Å². The molecular weight excluding hydrogens is 414 g/mol. The van der Waals surface area contributed by atoms with Gasteiger partial charge in [0.15, 0.2) is 5.13 Å². The Kier molecular flexibility index (Phi) is 4.71. The van der Waals surface area contributed by atoms with Crippen LogP contribution in [0.2, 0.25) is 0 Å². The number of aromatic nitrogens is 3. The highest BCUT2D eigenvalue weighted by Gasteiger charge is 2.25. The summed E-state index contributed by atoms with van der Waals surface area (Å²) in [5.41, 5.74) is 1.54. The first-order valence-electron chi connectivity index (χ1n) is 8.67. The molecule has 1 amide bonds. The molecule has 4 rings (SSSR count). The van der Waals surface area contributed by atoms with Crippen molar-refractivity contribution in [1.82, 2.24) is 19.7 Å². The maximum atomic E-state index is 12.7. The average Bonchev–Trinajstić information content (AvgIpc) is 3.28. The maximum Gasteiger partial charge on any atom is 0.274 e. The van der Waals surface area contributed by atoms with Gasteiger partial charge in [-0.25, -0.2) is 4.98 Å². The number of fused-ring (bicyclic) bond motifs is 1. The standard InChI is InChI=1S/C18H20BrN5OS/c1-12(2)24-6-5-15(21-24)17(25)22-7-9-23(10-8-22)18-20-14-4-3-13(19)11-16(14)26-18/h3-6,11-12H,7-10H2,1-2H3. The number of nitrogens with zero attached hydrogens (tertiary/aromatic N) is 5. The third kappa shape index (κ3) is 3.35. The van der Waals surface area contributed by atoms with Crippen LogP contribution in [0.1, 0.15) is 30.4 Å². The third-order valence-corrected chi connectivity index (χ3v) is 6.11. The van der Waals surface area contributed by atoms with Gasteiger partial charge in [-0.2, -0.15) is 5.10 Å². The van der Waals surface area contributed by atoms with Crippen LogP contribution in [0.3, 0.4) is 0 Å². The fourth-order valence-corrected chi connectivity index (χ4v) is 4.59. The number of hydrogen-bond acceptors (Lipinski definition) is 5. The first-order chi connectivity index (χ1) is 12.5. The van der Waals surface area contributed by atoms with Crippen molar-refractivity contribution in [3.05, 3.63) is 40.6 Å². The molecule has 1 aliphatic heterocycles. The predicted octanol–water partition coefficient (Wildman–Crippen LogP) is 3.80. The average molecular weight is 434 g/mol. The molecule has 0 unspecified atom stereocenters. The largest absolute Gasteiger partial charge is 0.345 e. The van der Waals surface area contributed by atoms with E-state index in [0.717, 1.165) is 28.2 Å². The van der Waals surface area contributed by atoms with Gasteiger partial charge in [-0.05, 0) is 38.1 Å². The summed E-state index contributed by atoms with van der Waals surface area (Å²) >= 11 is 5.20. The number of benzene rings is 1. The second-order valence-corrected chi connectivity index (χ2v) is 8.59. The third-order valence-electron chi connectivity index (χ3n) is 4.53. The number of carbonyl (C=O) groups is 1. The molecule has 6 nitrogen and oxygen atoms in total. The summed E-state index contributed by atoms with van der Waals surface area (Å²) in [6, 6.07) is 8.21. The molecule has 2 aromatic heterocycles. The highest BCUT2D eigenvalue weighted by molar-refractivity contribution is 9.10. The van der Waals surface area contributed by atoms with Crippen LogP contribution in [-0.4, -0.2) is 51.8 Å². The van der Waals surface area contributed by atoms with Crippen molar-refractivity contribution >= 4 is 48.5 Å². The summed E-state index contributed by atoms with van der Waals surface area (Å²) < 4.78 is 4.06. The highest BCUT2D eigenvalue weighted by atomic mass is 79.9.